The minimum absolute atomic E-state index is 0. The average Bonchev–Trinajstić information content (AvgIpc) is 0.759. The predicted octanol–water partition coefficient (Wildman–Crippen LogP) is -49.0. The van der Waals surface area contributed by atoms with E-state index in [2.05, 4.69) is 16.7 Å². The zero-order chi connectivity index (χ0) is 81.2. The largest absolute Gasteiger partial charge is 1.00 e. The molecular formula is C46H61N3Na10O52S7. The van der Waals surface area contributed by atoms with Gasteiger partial charge in [-0.3, -0.25) is 16.7 Å². The molecule has 11 N–H and O–H groups in total. The van der Waals surface area contributed by atoms with Crippen LogP contribution in [0.1, 0.15) is 19.4 Å². The minimum atomic E-state index is -6.46. The Hall–Kier alpha value is 5.88. The Kier molecular flexibility index (Phi) is 60.9. The van der Waals surface area contributed by atoms with E-state index in [0.29, 0.717) is 0 Å². The maximum absolute atomic E-state index is 13.1. The molecular weight excluding hydrogens is 1880 g/mol. The van der Waals surface area contributed by atoms with Gasteiger partial charge in [-0.05, 0) is 19.4 Å². The van der Waals surface area contributed by atoms with Crippen molar-refractivity contribution in [3.8, 4) is 0 Å². The van der Waals surface area contributed by atoms with E-state index in [-0.39, 0.29) is 301 Å². The zero-order valence-corrected chi connectivity index (χ0v) is 89.2. The van der Waals surface area contributed by atoms with E-state index in [1.165, 1.54) is 48.9 Å². The Morgan fingerprint density at radius 2 is 0.695 bits per heavy atom. The van der Waals surface area contributed by atoms with Crippen LogP contribution in [0.3, 0.4) is 0 Å². The summed E-state index contributed by atoms with van der Waals surface area (Å²) in [6.07, 6.45) is -79.1. The molecule has 1 aromatic carbocycles. The number of hydrogen-bond acceptors (Lipinski definition) is 52. The van der Waals surface area contributed by atoms with Crippen molar-refractivity contribution in [1.29, 1.82) is 0 Å². The summed E-state index contributed by atoms with van der Waals surface area (Å²) in [4.78, 5) is 38.7. The van der Waals surface area contributed by atoms with Crippen LogP contribution in [0.25, 0.3) is 0 Å². The molecule has 0 spiro atoms. The van der Waals surface area contributed by atoms with Crippen LogP contribution in [0.15, 0.2) is 30.3 Å². The summed E-state index contributed by atoms with van der Waals surface area (Å²) < 4.78 is 345. The second-order valence-electron chi connectivity index (χ2n) is 23.5. The van der Waals surface area contributed by atoms with Gasteiger partial charge in [0.1, 0.15) is 128 Å². The molecule has 0 bridgehead atoms. The number of carboxylic acids is 3. The van der Waals surface area contributed by atoms with Crippen LogP contribution in [0.4, 0.5) is 0 Å². The van der Waals surface area contributed by atoms with Crippen LogP contribution in [0, 0.1) is 0 Å². The summed E-state index contributed by atoms with van der Waals surface area (Å²) in [5.41, 5.74) is 0.201. The summed E-state index contributed by atoms with van der Waals surface area (Å²) in [6, 6.07) is -1.53. The number of carbonyl (C=O) groups is 3. The first kappa shape index (κ1) is 130. The van der Waals surface area contributed by atoms with Crippen molar-refractivity contribution in [2.75, 3.05) is 19.8 Å². The summed E-state index contributed by atoms with van der Waals surface area (Å²) in [6.45, 7) is -3.16. The first-order valence-electron chi connectivity index (χ1n) is 29.7. The summed E-state index contributed by atoms with van der Waals surface area (Å²) in [7, 11) is -42.8. The molecule has 0 unspecified atom stereocenters. The fraction of sp³-hybridized carbons (Fsp3) is 0.804. The Balaban J connectivity index is -0.00000650. The molecule has 7 rings (SSSR count). The molecule has 0 amide bonds. The van der Waals surface area contributed by atoms with Crippen LogP contribution in [0.5, 0.6) is 0 Å². The first-order chi connectivity index (χ1) is 49.6. The van der Waals surface area contributed by atoms with Gasteiger partial charge in [-0.1, -0.05) is 30.3 Å². The normalized spacial score (nSPS) is 35.3. The van der Waals surface area contributed by atoms with E-state index in [4.69, 9.17) is 61.6 Å². The van der Waals surface area contributed by atoms with Gasteiger partial charge in [0.05, 0.1) is 50.4 Å². The topological polar surface area (TPSA) is 876 Å². The molecule has 624 valence electrons. The van der Waals surface area contributed by atoms with Crippen molar-refractivity contribution >= 4 is 90.4 Å². The van der Waals surface area contributed by atoms with Crippen LogP contribution in [0.2, 0.25) is 0 Å². The van der Waals surface area contributed by atoms with Crippen LogP contribution >= 0.6 is 0 Å². The molecule has 0 aliphatic carbocycles. The number of benzene rings is 1. The van der Waals surface area contributed by atoms with Gasteiger partial charge < -0.3 is 164 Å². The number of ether oxygens (including phenoxy) is 13. The average molecular weight is 1940 g/mol. The third-order valence-electron chi connectivity index (χ3n) is 15.7. The molecule has 6 aliphatic heterocycles. The van der Waals surface area contributed by atoms with Crippen molar-refractivity contribution in [1.82, 2.24) is 14.2 Å². The second-order valence-corrected chi connectivity index (χ2v) is 31.0. The minimum Gasteiger partial charge on any atom is -0.735 e. The van der Waals surface area contributed by atoms with Crippen LogP contribution < -0.4 is 325 Å². The number of aliphatic hydroxyl groups is 8. The standard InChI is InChI=1S/C46H71N3O52S7.10Na/c1-12(2)87-46-37(101-108(82,83)84)32(85-10-13-6-4-3-5-7-13)33(36(98-46)40(62)63)95-43-19(49-104(70,71)72)23(55)27(15(9-51)89-43)92-45-31(100-107(79,80)81)25(57)29(35(97-45)39(60)61)94-42-18(48-103(67,68)69)22(54)26(14(8-50)88-42)91-44-30(99-106(76,77)78)24(56)28(34(96-44)38(58)59)93-41-17(47-102(64,65)66)21(53)20(52)16(90-41)11-86-105(73,74)75;;;;;;;;;;/h3-7,12,14-37,41-57H,8-11H2,1-2H3,(H,58,59)(H,60,61)(H,62,63)(H,64,65,66)(H,67,68,69)(H,70,71,72)(H,73,74,75)(H,76,77,78)(H,79,80,81)(H,82,83,84);;;;;;;;;;/q;10*+1/p-10/t14-,15-,16-,17+,18+,19+,20-,21+,22+,23+,24-,25-,26-,27-,28+,29+,30+,31+,32+,33-,34-,35-,36-,37-,41-,42-,43-,44-,45-,46+;;;;;;;;;;/m0........../s1. The van der Waals surface area contributed by atoms with Gasteiger partial charge in [0.2, 0.25) is 41.6 Å². The Morgan fingerprint density at radius 3 is 1.02 bits per heavy atom. The van der Waals surface area contributed by atoms with Gasteiger partial charge in [0.15, 0.2) is 87.0 Å². The van der Waals surface area contributed by atoms with Crippen molar-refractivity contribution in [2.24, 2.45) is 0 Å². The Morgan fingerprint density at radius 1 is 0.381 bits per heavy atom. The number of aliphatic hydroxyl groups excluding tert-OH is 8. The maximum Gasteiger partial charge on any atom is 1.00 e. The number of carboxylic acid groups (broad SMARTS) is 3. The molecule has 0 radical (unpaired) electrons. The third kappa shape index (κ3) is 38.6. The zero-order valence-electron chi connectivity index (χ0n) is 63.5. The van der Waals surface area contributed by atoms with Crippen molar-refractivity contribution in [2.45, 2.75) is 211 Å². The van der Waals surface area contributed by atoms with Crippen LogP contribution in [-0.2, 0) is 172 Å². The number of carbonyl (C=O) groups excluding carboxylic acids is 3. The van der Waals surface area contributed by atoms with E-state index in [9.17, 15) is 161 Å². The molecule has 6 saturated heterocycles. The van der Waals surface area contributed by atoms with Gasteiger partial charge in [-0.2, -0.15) is 0 Å². The van der Waals surface area contributed by atoms with Gasteiger partial charge in [-0.15, -0.1) is 0 Å². The number of rotatable bonds is 35. The smallest absolute Gasteiger partial charge is 0.735 e. The quantitative estimate of drug-likeness (QED) is 0.0171. The fourth-order valence-corrected chi connectivity index (χ4v) is 14.9. The fourth-order valence-electron chi connectivity index (χ4n) is 11.4. The molecule has 1 aromatic rings. The molecule has 6 aliphatic rings. The van der Waals surface area contributed by atoms with Gasteiger partial charge in [0, 0.05) is 0 Å². The predicted molar refractivity (Wildman–Crippen MR) is 302 cm³/mol. The third-order valence-corrected chi connectivity index (χ3v) is 19.2. The molecule has 6 fully saturated rings. The molecule has 30 atom stereocenters. The number of aliphatic carboxylic acids is 3. The molecule has 118 heavy (non-hydrogen) atoms. The van der Waals surface area contributed by atoms with Crippen molar-refractivity contribution in [3.63, 3.8) is 0 Å². The summed E-state index contributed by atoms with van der Waals surface area (Å²) >= 11 is 0. The van der Waals surface area contributed by atoms with E-state index in [0.717, 1.165) is 9.44 Å². The molecule has 72 heteroatoms. The van der Waals surface area contributed by atoms with Crippen LogP contribution in [-0.4, -0.2) is 360 Å². The summed E-state index contributed by atoms with van der Waals surface area (Å²) in [5, 5.41) is 128. The van der Waals surface area contributed by atoms with Gasteiger partial charge in [-0.25, -0.2) is 73.1 Å². The van der Waals surface area contributed by atoms with Crippen molar-refractivity contribution < 1.29 is 535 Å². The van der Waals surface area contributed by atoms with E-state index in [1.807, 2.05) is 0 Å². The van der Waals surface area contributed by atoms with Gasteiger partial charge in [0.25, 0.3) is 0 Å². The SMILES string of the molecule is CC(C)O[C@@H]1O[C@H](C(=O)[O-])[C@@H](O[C@@H]2O[C@@H](CO)[C@H](O[C@H]3O[C@H](C(=O)[O-])[C@H](O[C@@H]4O[C@@H](CO)[C@H](O[C@H]5O[C@H](C(=O)[O-])[C@H](O[C@@H]6O[C@@H](COS(=O)(=O)[O-])[C@H](O)[C@H](O)[C@H]6NS(=O)(=O)[O-])[C@H](O)[C@H]5OS(=O)(=O)[O-])[C@H](O)[C@H]4NS(=O)(=O)[O-])[C@H](O)[C@H]3OS(=O)(=O)[O-])[C@H](O)[C@H]2NS(=O)(=O)[O-])[C@@H](OCc2ccccc2)[C@@H]1OS(=O)(=O)[O-].[Na+].[Na+].[Na+].[Na+].[Na+].[Na+].[Na+].[Na+].[Na+].[Na+]. The summed E-state index contributed by atoms with van der Waals surface area (Å²) in [5.74, 6) is -7.75. The van der Waals surface area contributed by atoms with E-state index < -0.39 is 307 Å². The van der Waals surface area contributed by atoms with E-state index >= 15 is 0 Å². The first-order valence-corrected chi connectivity index (χ1v) is 39.3. The van der Waals surface area contributed by atoms with Gasteiger partial charge >= 0.3 is 296 Å². The number of hydrogen-bond donors (Lipinski definition) is 11. The monoisotopic (exact) mass is 1940 g/mol. The number of nitrogens with one attached hydrogen (secondary N) is 3. The van der Waals surface area contributed by atoms with Crippen molar-refractivity contribution in [3.05, 3.63) is 35.9 Å². The Bertz CT molecular complexity index is 4130. The second kappa shape index (κ2) is 55.2. The molecule has 6 heterocycles. The maximum atomic E-state index is 13.1. The molecule has 0 aromatic heterocycles. The van der Waals surface area contributed by atoms with E-state index in [1.54, 1.807) is 0 Å². The molecule has 55 nitrogen and oxygen atoms in total. The molecule has 0 saturated carbocycles. The Labute approximate surface area is 892 Å².